The van der Waals surface area contributed by atoms with Gasteiger partial charge in [-0.15, -0.1) is 11.3 Å². The van der Waals surface area contributed by atoms with Gasteiger partial charge in [0.15, 0.2) is 0 Å². The Balaban J connectivity index is 2.68. The first-order valence-corrected chi connectivity index (χ1v) is 4.87. The minimum atomic E-state index is -0.286. The quantitative estimate of drug-likeness (QED) is 0.729. The van der Waals surface area contributed by atoms with Crippen LogP contribution in [0.2, 0.25) is 0 Å². The summed E-state index contributed by atoms with van der Waals surface area (Å²) in [5.41, 5.74) is 6.19. The molecule has 70 valence electrons. The standard InChI is InChI=1S/C10H7FN2S/c11-10-7-2-1-6(13)5-9(7)14-8(10)3-4-12/h1-2,5H,3,13H2. The predicted molar refractivity (Wildman–Crippen MR) is 55.5 cm³/mol. The maximum absolute atomic E-state index is 13.6. The van der Waals surface area contributed by atoms with Gasteiger partial charge in [0.25, 0.3) is 0 Å². The molecule has 1 heterocycles. The molecule has 1 aromatic heterocycles. The monoisotopic (exact) mass is 206 g/mol. The van der Waals surface area contributed by atoms with Crippen LogP contribution in [0.15, 0.2) is 18.2 Å². The summed E-state index contributed by atoms with van der Waals surface area (Å²) in [6.07, 6.45) is 0.116. The second kappa shape index (κ2) is 3.28. The van der Waals surface area contributed by atoms with Crippen molar-refractivity contribution in [3.05, 3.63) is 28.9 Å². The van der Waals surface area contributed by atoms with Crippen molar-refractivity contribution in [2.75, 3.05) is 5.73 Å². The summed E-state index contributed by atoms with van der Waals surface area (Å²) in [6.45, 7) is 0. The van der Waals surface area contributed by atoms with Crippen LogP contribution in [0.1, 0.15) is 4.88 Å². The Morgan fingerprint density at radius 1 is 1.50 bits per heavy atom. The van der Waals surface area contributed by atoms with E-state index in [9.17, 15) is 4.39 Å². The molecule has 0 saturated heterocycles. The third-order valence-corrected chi connectivity index (χ3v) is 3.09. The van der Waals surface area contributed by atoms with Crippen molar-refractivity contribution in [1.82, 2.24) is 0 Å². The smallest absolute Gasteiger partial charge is 0.145 e. The lowest BCUT2D eigenvalue weighted by Gasteiger charge is -1.91. The number of hydrogen-bond donors (Lipinski definition) is 1. The fourth-order valence-electron chi connectivity index (χ4n) is 1.32. The van der Waals surface area contributed by atoms with E-state index in [2.05, 4.69) is 0 Å². The number of fused-ring (bicyclic) bond motifs is 1. The molecule has 0 spiro atoms. The lowest BCUT2D eigenvalue weighted by Crippen LogP contribution is -1.82. The van der Waals surface area contributed by atoms with E-state index >= 15 is 0 Å². The summed E-state index contributed by atoms with van der Waals surface area (Å²) in [4.78, 5) is 0.480. The fraction of sp³-hybridized carbons (Fsp3) is 0.100. The molecule has 4 heteroatoms. The number of rotatable bonds is 1. The normalized spacial score (nSPS) is 10.3. The SMILES string of the molecule is N#CCc1sc2cc(N)ccc2c1F. The van der Waals surface area contributed by atoms with Gasteiger partial charge in [-0.3, -0.25) is 0 Å². The van der Waals surface area contributed by atoms with E-state index in [-0.39, 0.29) is 12.2 Å². The number of hydrogen-bond acceptors (Lipinski definition) is 3. The summed E-state index contributed by atoms with van der Waals surface area (Å²) in [5, 5.41) is 9.04. The highest BCUT2D eigenvalue weighted by Crippen LogP contribution is 2.31. The third-order valence-electron chi connectivity index (χ3n) is 1.96. The van der Waals surface area contributed by atoms with Gasteiger partial charge in [-0.2, -0.15) is 5.26 Å². The highest BCUT2D eigenvalue weighted by atomic mass is 32.1. The van der Waals surface area contributed by atoms with Crippen LogP contribution < -0.4 is 5.73 Å². The Morgan fingerprint density at radius 2 is 2.29 bits per heavy atom. The average molecular weight is 206 g/mol. The van der Waals surface area contributed by atoms with Gasteiger partial charge < -0.3 is 5.73 Å². The van der Waals surface area contributed by atoms with E-state index in [4.69, 9.17) is 11.0 Å². The largest absolute Gasteiger partial charge is 0.399 e. The number of benzene rings is 1. The summed E-state index contributed by atoms with van der Waals surface area (Å²) < 4.78 is 14.4. The summed E-state index contributed by atoms with van der Waals surface area (Å²) in [5.74, 6) is -0.286. The second-order valence-corrected chi connectivity index (χ2v) is 4.07. The zero-order chi connectivity index (χ0) is 10.1. The molecule has 0 aliphatic carbocycles. The number of nitrogens with zero attached hydrogens (tertiary/aromatic N) is 1. The number of nitriles is 1. The van der Waals surface area contributed by atoms with Crippen LogP contribution in [0.3, 0.4) is 0 Å². The number of nitrogens with two attached hydrogens (primary N) is 1. The van der Waals surface area contributed by atoms with Crippen molar-refractivity contribution >= 4 is 27.1 Å². The molecule has 0 aliphatic rings. The number of anilines is 1. The van der Waals surface area contributed by atoms with Gasteiger partial charge in [0.1, 0.15) is 5.82 Å². The summed E-state index contributed by atoms with van der Waals surface area (Å²) in [7, 11) is 0. The minimum absolute atomic E-state index is 0.116. The van der Waals surface area contributed by atoms with Crippen molar-refractivity contribution in [2.24, 2.45) is 0 Å². The van der Waals surface area contributed by atoms with Crippen LogP contribution in [0.25, 0.3) is 10.1 Å². The first-order chi connectivity index (χ1) is 6.72. The first-order valence-electron chi connectivity index (χ1n) is 4.05. The summed E-state index contributed by atoms with van der Waals surface area (Å²) >= 11 is 1.29. The zero-order valence-corrected chi connectivity index (χ0v) is 8.07. The molecule has 0 atom stereocenters. The van der Waals surface area contributed by atoms with Gasteiger partial charge in [0.2, 0.25) is 0 Å². The van der Waals surface area contributed by atoms with Crippen LogP contribution in [-0.2, 0) is 6.42 Å². The Labute approximate surface area is 84.4 Å². The van der Waals surface area contributed by atoms with Gasteiger partial charge in [0.05, 0.1) is 17.4 Å². The van der Waals surface area contributed by atoms with E-state index < -0.39 is 0 Å². The van der Waals surface area contributed by atoms with E-state index in [0.717, 1.165) is 4.70 Å². The molecule has 0 amide bonds. The Hall–Kier alpha value is -1.60. The van der Waals surface area contributed by atoms with E-state index in [1.54, 1.807) is 18.2 Å². The minimum Gasteiger partial charge on any atom is -0.399 e. The van der Waals surface area contributed by atoms with Gasteiger partial charge in [-0.1, -0.05) is 0 Å². The van der Waals surface area contributed by atoms with E-state index in [0.29, 0.717) is 16.0 Å². The lowest BCUT2D eigenvalue weighted by molar-refractivity contribution is 0.634. The number of nitrogen functional groups attached to an aromatic ring is 1. The van der Waals surface area contributed by atoms with E-state index in [1.807, 2.05) is 6.07 Å². The molecule has 2 nitrogen and oxygen atoms in total. The second-order valence-electron chi connectivity index (χ2n) is 2.93. The molecule has 2 aromatic rings. The van der Waals surface area contributed by atoms with Gasteiger partial charge >= 0.3 is 0 Å². The van der Waals surface area contributed by atoms with Crippen LogP contribution >= 0.6 is 11.3 Å². The van der Waals surface area contributed by atoms with Gasteiger partial charge in [0, 0.05) is 15.8 Å². The van der Waals surface area contributed by atoms with Crippen LogP contribution in [0.4, 0.5) is 10.1 Å². The van der Waals surface area contributed by atoms with Gasteiger partial charge in [-0.05, 0) is 18.2 Å². The summed E-state index contributed by atoms with van der Waals surface area (Å²) in [6, 6.07) is 6.98. The Bertz CT molecular complexity index is 525. The predicted octanol–water partition coefficient (Wildman–Crippen LogP) is 2.69. The maximum Gasteiger partial charge on any atom is 0.145 e. The Kier molecular flexibility index (Phi) is 2.10. The molecular formula is C10H7FN2S. The van der Waals surface area contributed by atoms with E-state index in [1.165, 1.54) is 11.3 Å². The third kappa shape index (κ3) is 1.32. The van der Waals surface area contributed by atoms with Crippen molar-refractivity contribution in [3.8, 4) is 6.07 Å². The lowest BCUT2D eigenvalue weighted by atomic mass is 10.2. The zero-order valence-electron chi connectivity index (χ0n) is 7.25. The Morgan fingerprint density at radius 3 is 3.00 bits per heavy atom. The highest BCUT2D eigenvalue weighted by molar-refractivity contribution is 7.19. The molecule has 0 aliphatic heterocycles. The topological polar surface area (TPSA) is 49.8 Å². The molecule has 0 bridgehead atoms. The highest BCUT2D eigenvalue weighted by Gasteiger charge is 2.11. The number of thiophene rings is 1. The van der Waals surface area contributed by atoms with Crippen molar-refractivity contribution in [2.45, 2.75) is 6.42 Å². The first kappa shape index (κ1) is 8.97. The van der Waals surface area contributed by atoms with Crippen molar-refractivity contribution in [3.63, 3.8) is 0 Å². The number of halogens is 1. The molecule has 0 unspecified atom stereocenters. The molecule has 2 N–H and O–H groups in total. The van der Waals surface area contributed by atoms with Gasteiger partial charge in [-0.25, -0.2) is 4.39 Å². The van der Waals surface area contributed by atoms with Crippen molar-refractivity contribution in [1.29, 1.82) is 5.26 Å². The van der Waals surface area contributed by atoms with Crippen LogP contribution in [0.5, 0.6) is 0 Å². The molecule has 14 heavy (non-hydrogen) atoms. The maximum atomic E-state index is 13.6. The molecule has 0 radical (unpaired) electrons. The molecular weight excluding hydrogens is 199 g/mol. The molecule has 1 aromatic carbocycles. The van der Waals surface area contributed by atoms with Crippen LogP contribution in [0, 0.1) is 17.1 Å². The van der Waals surface area contributed by atoms with Crippen LogP contribution in [-0.4, -0.2) is 0 Å². The molecule has 0 fully saturated rings. The fourth-order valence-corrected chi connectivity index (χ4v) is 2.38. The molecule has 2 rings (SSSR count). The average Bonchev–Trinajstić information content (AvgIpc) is 2.44. The van der Waals surface area contributed by atoms with Crippen molar-refractivity contribution < 1.29 is 4.39 Å². The molecule has 0 saturated carbocycles.